The van der Waals surface area contributed by atoms with Crippen LogP contribution < -0.4 is 5.32 Å². The molecular formula is C16H23NO4S. The predicted molar refractivity (Wildman–Crippen MR) is 84.2 cm³/mol. The second kappa shape index (κ2) is 7.74. The first-order valence-electron chi connectivity index (χ1n) is 7.62. The number of sulfone groups is 1. The highest BCUT2D eigenvalue weighted by molar-refractivity contribution is 7.90. The maximum absolute atomic E-state index is 11.8. The summed E-state index contributed by atoms with van der Waals surface area (Å²) in [6.07, 6.45) is 7.09. The van der Waals surface area contributed by atoms with Crippen molar-refractivity contribution in [3.8, 4) is 0 Å². The van der Waals surface area contributed by atoms with Crippen molar-refractivity contribution in [2.75, 3.05) is 12.9 Å². The first kappa shape index (κ1) is 17.0. The molecule has 1 saturated carbocycles. The summed E-state index contributed by atoms with van der Waals surface area (Å²) in [6.45, 7) is 0.461. The van der Waals surface area contributed by atoms with Gasteiger partial charge < -0.3 is 10.1 Å². The summed E-state index contributed by atoms with van der Waals surface area (Å²) in [6, 6.07) is 6.52. The Balaban J connectivity index is 1.73. The molecular weight excluding hydrogens is 302 g/mol. The van der Waals surface area contributed by atoms with Crippen molar-refractivity contribution >= 4 is 15.7 Å². The van der Waals surface area contributed by atoms with Crippen molar-refractivity contribution in [2.45, 2.75) is 49.6 Å². The molecule has 0 radical (unpaired) electrons. The molecule has 0 saturated heterocycles. The van der Waals surface area contributed by atoms with E-state index in [4.69, 9.17) is 4.74 Å². The lowest BCUT2D eigenvalue weighted by atomic mass is 9.98. The minimum Gasteiger partial charge on any atom is -0.368 e. The minimum atomic E-state index is -3.18. The van der Waals surface area contributed by atoms with Crippen molar-refractivity contribution in [2.24, 2.45) is 0 Å². The molecule has 0 heterocycles. The maximum Gasteiger partial charge on any atom is 0.246 e. The zero-order chi connectivity index (χ0) is 16.0. The summed E-state index contributed by atoms with van der Waals surface area (Å²) in [5.74, 6) is -0.141. The fourth-order valence-electron chi connectivity index (χ4n) is 2.53. The number of carbonyl (C=O) groups is 1. The zero-order valence-corrected chi connectivity index (χ0v) is 13.7. The molecule has 22 heavy (non-hydrogen) atoms. The lowest BCUT2D eigenvalue weighted by Crippen LogP contribution is -2.30. The molecule has 1 amide bonds. The van der Waals surface area contributed by atoms with Gasteiger partial charge in [-0.3, -0.25) is 4.79 Å². The van der Waals surface area contributed by atoms with Crippen LogP contribution in [0.1, 0.15) is 37.7 Å². The standard InChI is InChI=1S/C16H23NO4S/c1-22(19,20)15-9-7-13(8-10-15)11-17-16(18)12-21-14-5-3-2-4-6-14/h7-10,14H,2-6,11-12H2,1H3,(H,17,18). The summed E-state index contributed by atoms with van der Waals surface area (Å²) in [7, 11) is -3.18. The Morgan fingerprint density at radius 3 is 2.41 bits per heavy atom. The van der Waals surface area contributed by atoms with Crippen LogP contribution in [-0.2, 0) is 25.9 Å². The lowest BCUT2D eigenvalue weighted by Gasteiger charge is -2.21. The van der Waals surface area contributed by atoms with Crippen molar-refractivity contribution in [1.82, 2.24) is 5.32 Å². The highest BCUT2D eigenvalue weighted by Gasteiger charge is 2.15. The third kappa shape index (κ3) is 5.42. The smallest absolute Gasteiger partial charge is 0.246 e. The van der Waals surface area contributed by atoms with Gasteiger partial charge in [0.05, 0.1) is 11.0 Å². The maximum atomic E-state index is 11.8. The van der Waals surface area contributed by atoms with Gasteiger partial charge in [0.1, 0.15) is 6.61 Å². The molecule has 122 valence electrons. The van der Waals surface area contributed by atoms with E-state index in [-0.39, 0.29) is 23.5 Å². The summed E-state index contributed by atoms with van der Waals surface area (Å²) in [5.41, 5.74) is 0.860. The van der Waals surface area contributed by atoms with Gasteiger partial charge in [0.2, 0.25) is 5.91 Å². The third-order valence-corrected chi connectivity index (χ3v) is 4.97. The van der Waals surface area contributed by atoms with Crippen LogP contribution in [0.15, 0.2) is 29.2 Å². The first-order valence-corrected chi connectivity index (χ1v) is 9.51. The number of nitrogens with one attached hydrogen (secondary N) is 1. The second-order valence-electron chi connectivity index (χ2n) is 5.76. The largest absolute Gasteiger partial charge is 0.368 e. The zero-order valence-electron chi connectivity index (χ0n) is 12.9. The molecule has 1 aliphatic carbocycles. The highest BCUT2D eigenvalue weighted by Crippen LogP contribution is 2.20. The number of rotatable bonds is 6. The summed E-state index contributed by atoms with van der Waals surface area (Å²) < 4.78 is 28.3. The number of benzene rings is 1. The monoisotopic (exact) mass is 325 g/mol. The van der Waals surface area contributed by atoms with Crippen LogP contribution >= 0.6 is 0 Å². The van der Waals surface area contributed by atoms with Crippen molar-refractivity contribution < 1.29 is 17.9 Å². The van der Waals surface area contributed by atoms with E-state index in [1.165, 1.54) is 25.5 Å². The van der Waals surface area contributed by atoms with Crippen LogP contribution in [0.3, 0.4) is 0 Å². The molecule has 1 aromatic rings. The number of hydrogen-bond acceptors (Lipinski definition) is 4. The van der Waals surface area contributed by atoms with Gasteiger partial charge in [0, 0.05) is 12.8 Å². The van der Waals surface area contributed by atoms with E-state index in [1.54, 1.807) is 24.3 Å². The Bertz CT molecular complexity index is 589. The fourth-order valence-corrected chi connectivity index (χ4v) is 3.16. The van der Waals surface area contributed by atoms with Crippen LogP contribution in [0, 0.1) is 0 Å². The Kier molecular flexibility index (Phi) is 5.97. The van der Waals surface area contributed by atoms with E-state index in [0.717, 1.165) is 18.4 Å². The topological polar surface area (TPSA) is 72.5 Å². The average molecular weight is 325 g/mol. The molecule has 0 unspecified atom stereocenters. The number of amides is 1. The molecule has 2 rings (SSSR count). The lowest BCUT2D eigenvalue weighted by molar-refractivity contribution is -0.128. The van der Waals surface area contributed by atoms with E-state index in [2.05, 4.69) is 5.32 Å². The van der Waals surface area contributed by atoms with Gasteiger partial charge in [-0.25, -0.2) is 8.42 Å². The molecule has 1 aromatic carbocycles. The molecule has 0 spiro atoms. The van der Waals surface area contributed by atoms with E-state index in [9.17, 15) is 13.2 Å². The highest BCUT2D eigenvalue weighted by atomic mass is 32.2. The molecule has 0 aromatic heterocycles. The van der Waals surface area contributed by atoms with Gasteiger partial charge >= 0.3 is 0 Å². The van der Waals surface area contributed by atoms with Crippen molar-refractivity contribution in [3.63, 3.8) is 0 Å². The Morgan fingerprint density at radius 1 is 1.18 bits per heavy atom. The molecule has 5 nitrogen and oxygen atoms in total. The fraction of sp³-hybridized carbons (Fsp3) is 0.562. The van der Waals surface area contributed by atoms with Crippen LogP contribution in [0.25, 0.3) is 0 Å². The van der Waals surface area contributed by atoms with Crippen molar-refractivity contribution in [1.29, 1.82) is 0 Å². The van der Waals surface area contributed by atoms with Crippen LogP contribution in [-0.4, -0.2) is 33.3 Å². The quantitative estimate of drug-likeness (QED) is 0.869. The van der Waals surface area contributed by atoms with E-state index in [1.807, 2.05) is 0 Å². The molecule has 1 N–H and O–H groups in total. The predicted octanol–water partition coefficient (Wildman–Crippen LogP) is 2.06. The Labute approximate surface area is 132 Å². The third-order valence-electron chi connectivity index (χ3n) is 3.84. The number of carbonyl (C=O) groups excluding carboxylic acids is 1. The molecule has 6 heteroatoms. The van der Waals surface area contributed by atoms with Crippen LogP contribution in [0.4, 0.5) is 0 Å². The molecule has 1 fully saturated rings. The number of ether oxygens (including phenoxy) is 1. The van der Waals surface area contributed by atoms with Crippen LogP contribution in [0.2, 0.25) is 0 Å². The Hall–Kier alpha value is -1.40. The summed E-state index contributed by atoms with van der Waals surface area (Å²) >= 11 is 0. The van der Waals surface area contributed by atoms with Gasteiger partial charge in [0.15, 0.2) is 9.84 Å². The van der Waals surface area contributed by atoms with Gasteiger partial charge in [-0.15, -0.1) is 0 Å². The molecule has 0 aliphatic heterocycles. The Morgan fingerprint density at radius 2 is 1.82 bits per heavy atom. The van der Waals surface area contributed by atoms with Gasteiger partial charge in [-0.05, 0) is 30.5 Å². The second-order valence-corrected chi connectivity index (χ2v) is 7.78. The van der Waals surface area contributed by atoms with E-state index < -0.39 is 9.84 Å². The molecule has 0 bridgehead atoms. The molecule has 0 atom stereocenters. The molecule has 1 aliphatic rings. The van der Waals surface area contributed by atoms with Crippen LogP contribution in [0.5, 0.6) is 0 Å². The van der Waals surface area contributed by atoms with Crippen molar-refractivity contribution in [3.05, 3.63) is 29.8 Å². The minimum absolute atomic E-state index is 0.0894. The number of hydrogen-bond donors (Lipinski definition) is 1. The summed E-state index contributed by atoms with van der Waals surface area (Å²) in [4.78, 5) is 12.0. The van der Waals surface area contributed by atoms with Gasteiger partial charge in [0.25, 0.3) is 0 Å². The summed E-state index contributed by atoms with van der Waals surface area (Å²) in [5, 5.41) is 2.78. The average Bonchev–Trinajstić information content (AvgIpc) is 2.51. The van der Waals surface area contributed by atoms with Gasteiger partial charge in [-0.2, -0.15) is 0 Å². The first-order chi connectivity index (χ1) is 10.4. The van der Waals surface area contributed by atoms with E-state index >= 15 is 0 Å². The van der Waals surface area contributed by atoms with E-state index in [0.29, 0.717) is 6.54 Å². The van der Waals surface area contributed by atoms with Gasteiger partial charge in [-0.1, -0.05) is 31.4 Å². The normalized spacial score (nSPS) is 16.4. The SMILES string of the molecule is CS(=O)(=O)c1ccc(CNC(=O)COC2CCCCC2)cc1.